The van der Waals surface area contributed by atoms with E-state index in [1.54, 1.807) is 12.1 Å². The maximum atomic E-state index is 11.8. The van der Waals surface area contributed by atoms with E-state index < -0.39 is 0 Å². The number of nitrogens with zero attached hydrogens (tertiary/aromatic N) is 1. The smallest absolute Gasteiger partial charge is 0.235 e. The van der Waals surface area contributed by atoms with E-state index in [1.165, 1.54) is 11.1 Å². The summed E-state index contributed by atoms with van der Waals surface area (Å²) in [6.07, 6.45) is 0.659. The molecule has 2 N–H and O–H groups in total. The van der Waals surface area contributed by atoms with Gasteiger partial charge in [0.05, 0.1) is 6.04 Å². The normalized spacial score (nSPS) is 17.5. The second-order valence-electron chi connectivity index (χ2n) is 5.66. The van der Waals surface area contributed by atoms with E-state index >= 15 is 0 Å². The second kappa shape index (κ2) is 7.02. The van der Waals surface area contributed by atoms with Crippen LogP contribution < -0.4 is 10.5 Å². The molecule has 0 unspecified atom stereocenters. The van der Waals surface area contributed by atoms with Crippen LogP contribution in [0.5, 0.6) is 5.75 Å². The number of nitrogens with two attached hydrogens (primary N) is 1. The highest BCUT2D eigenvalue weighted by Crippen LogP contribution is 2.23. The van der Waals surface area contributed by atoms with Crippen molar-refractivity contribution in [1.29, 1.82) is 0 Å². The van der Waals surface area contributed by atoms with Crippen molar-refractivity contribution >= 4 is 17.5 Å². The average molecular weight is 331 g/mol. The van der Waals surface area contributed by atoms with Gasteiger partial charge >= 0.3 is 0 Å². The van der Waals surface area contributed by atoms with Gasteiger partial charge in [0.15, 0.2) is 0 Å². The molecule has 120 valence electrons. The lowest BCUT2D eigenvalue weighted by Crippen LogP contribution is -2.49. The number of carbonyl (C=O) groups is 1. The van der Waals surface area contributed by atoms with E-state index in [1.807, 2.05) is 24.3 Å². The zero-order chi connectivity index (χ0) is 16.2. The van der Waals surface area contributed by atoms with E-state index in [0.717, 1.165) is 5.75 Å². The van der Waals surface area contributed by atoms with Crippen molar-refractivity contribution in [2.45, 2.75) is 19.0 Å². The van der Waals surface area contributed by atoms with E-state index in [-0.39, 0.29) is 11.9 Å². The summed E-state index contributed by atoms with van der Waals surface area (Å²) in [6.45, 7) is 1.85. The molecular formula is C18H19ClN2O2. The summed E-state index contributed by atoms with van der Waals surface area (Å²) in [5.41, 5.74) is 8.03. The quantitative estimate of drug-likeness (QED) is 0.917. The molecule has 1 aliphatic heterocycles. The van der Waals surface area contributed by atoms with Crippen molar-refractivity contribution in [3.63, 3.8) is 0 Å². The van der Waals surface area contributed by atoms with Crippen LogP contribution in [0.15, 0.2) is 48.5 Å². The van der Waals surface area contributed by atoms with Gasteiger partial charge in [-0.3, -0.25) is 9.69 Å². The summed E-state index contributed by atoms with van der Waals surface area (Å²) in [7, 11) is 0. The summed E-state index contributed by atoms with van der Waals surface area (Å²) >= 11 is 5.85. The molecule has 0 radical (unpaired) electrons. The summed E-state index contributed by atoms with van der Waals surface area (Å²) in [5.74, 6) is 0.480. The lowest BCUT2D eigenvalue weighted by molar-refractivity contribution is -0.123. The van der Waals surface area contributed by atoms with E-state index in [0.29, 0.717) is 31.1 Å². The average Bonchev–Trinajstić information content (AvgIpc) is 2.56. The summed E-state index contributed by atoms with van der Waals surface area (Å²) < 4.78 is 5.73. The molecule has 4 nitrogen and oxygen atoms in total. The first-order valence-electron chi connectivity index (χ1n) is 7.62. The fourth-order valence-corrected chi connectivity index (χ4v) is 3.03. The first-order valence-corrected chi connectivity index (χ1v) is 8.00. The standard InChI is InChI=1S/C18H19ClN2O2/c19-15-5-7-16(8-6-15)23-10-9-21-12-14-4-2-1-3-13(14)11-17(21)18(20)22/h1-8,17H,9-12H2,(H2,20,22)/t17-/m0/s1. The van der Waals surface area contributed by atoms with Crippen LogP contribution in [0.2, 0.25) is 5.02 Å². The molecule has 0 spiro atoms. The van der Waals surface area contributed by atoms with Crippen LogP contribution in [-0.4, -0.2) is 30.0 Å². The Kier molecular flexibility index (Phi) is 4.84. The van der Waals surface area contributed by atoms with Gasteiger partial charge in [-0.05, 0) is 41.8 Å². The molecule has 0 aliphatic carbocycles. The number of rotatable bonds is 5. The number of hydrogen-bond acceptors (Lipinski definition) is 3. The molecule has 5 heteroatoms. The predicted octanol–water partition coefficient (Wildman–Crippen LogP) is 2.63. The summed E-state index contributed by atoms with van der Waals surface area (Å²) in [6, 6.07) is 15.1. The fraction of sp³-hybridized carbons (Fsp3) is 0.278. The lowest BCUT2D eigenvalue weighted by atomic mass is 9.93. The SMILES string of the molecule is NC(=O)[C@@H]1Cc2ccccc2CN1CCOc1ccc(Cl)cc1. The summed E-state index contributed by atoms with van der Waals surface area (Å²) in [4.78, 5) is 13.9. The Labute approximate surface area is 140 Å². The molecular weight excluding hydrogens is 312 g/mol. The number of halogens is 1. The Hall–Kier alpha value is -2.04. The zero-order valence-electron chi connectivity index (χ0n) is 12.7. The molecule has 0 bridgehead atoms. The van der Waals surface area contributed by atoms with Crippen molar-refractivity contribution in [1.82, 2.24) is 4.90 Å². The number of amides is 1. The highest BCUT2D eigenvalue weighted by molar-refractivity contribution is 6.30. The Morgan fingerprint density at radius 2 is 1.87 bits per heavy atom. The van der Waals surface area contributed by atoms with Gasteiger partial charge in [-0.2, -0.15) is 0 Å². The summed E-state index contributed by atoms with van der Waals surface area (Å²) in [5, 5.41) is 0.679. The highest BCUT2D eigenvalue weighted by Gasteiger charge is 2.29. The third kappa shape index (κ3) is 3.84. The van der Waals surface area contributed by atoms with Crippen LogP contribution >= 0.6 is 11.6 Å². The maximum Gasteiger partial charge on any atom is 0.235 e. The lowest BCUT2D eigenvalue weighted by Gasteiger charge is -2.34. The van der Waals surface area contributed by atoms with Gasteiger partial charge in [0.25, 0.3) is 0 Å². The first-order chi connectivity index (χ1) is 11.1. The monoisotopic (exact) mass is 330 g/mol. The van der Waals surface area contributed by atoms with Gasteiger partial charge < -0.3 is 10.5 Å². The van der Waals surface area contributed by atoms with E-state index in [2.05, 4.69) is 17.0 Å². The first kappa shape index (κ1) is 15.8. The van der Waals surface area contributed by atoms with Gasteiger partial charge in [-0.15, -0.1) is 0 Å². The maximum absolute atomic E-state index is 11.8. The van der Waals surface area contributed by atoms with Crippen molar-refractivity contribution in [2.24, 2.45) is 5.73 Å². The van der Waals surface area contributed by atoms with Crippen LogP contribution in [0.25, 0.3) is 0 Å². The minimum absolute atomic E-state index is 0.279. The molecule has 0 aromatic heterocycles. The zero-order valence-corrected chi connectivity index (χ0v) is 13.5. The number of benzene rings is 2. The van der Waals surface area contributed by atoms with Gasteiger partial charge in [-0.1, -0.05) is 35.9 Å². The Balaban J connectivity index is 1.63. The number of hydrogen-bond donors (Lipinski definition) is 1. The van der Waals surface area contributed by atoms with E-state index in [4.69, 9.17) is 22.1 Å². The molecule has 0 saturated carbocycles. The van der Waals surface area contributed by atoms with Crippen LogP contribution in [0.4, 0.5) is 0 Å². The van der Waals surface area contributed by atoms with Gasteiger partial charge in [0.1, 0.15) is 12.4 Å². The van der Waals surface area contributed by atoms with Crippen molar-refractivity contribution in [2.75, 3.05) is 13.2 Å². The number of ether oxygens (including phenoxy) is 1. The minimum Gasteiger partial charge on any atom is -0.492 e. The van der Waals surface area contributed by atoms with Crippen LogP contribution in [0.3, 0.4) is 0 Å². The molecule has 1 heterocycles. The molecule has 23 heavy (non-hydrogen) atoms. The molecule has 1 amide bonds. The third-order valence-electron chi connectivity index (χ3n) is 4.14. The molecule has 3 rings (SSSR count). The third-order valence-corrected chi connectivity index (χ3v) is 4.39. The Morgan fingerprint density at radius 1 is 1.17 bits per heavy atom. The molecule has 2 aromatic rings. The topological polar surface area (TPSA) is 55.6 Å². The van der Waals surface area contributed by atoms with E-state index in [9.17, 15) is 4.79 Å². The second-order valence-corrected chi connectivity index (χ2v) is 6.10. The number of carbonyl (C=O) groups excluding carboxylic acids is 1. The van der Waals surface area contributed by atoms with Gasteiger partial charge in [-0.25, -0.2) is 0 Å². The van der Waals surface area contributed by atoms with Crippen molar-refractivity contribution in [3.05, 3.63) is 64.7 Å². The van der Waals surface area contributed by atoms with Crippen LogP contribution in [0, 0.1) is 0 Å². The molecule has 0 fully saturated rings. The molecule has 1 atom stereocenters. The highest BCUT2D eigenvalue weighted by atomic mass is 35.5. The van der Waals surface area contributed by atoms with Gasteiger partial charge in [0, 0.05) is 18.1 Å². The number of primary amides is 1. The Morgan fingerprint density at radius 3 is 2.57 bits per heavy atom. The number of fused-ring (bicyclic) bond motifs is 1. The van der Waals surface area contributed by atoms with Crippen molar-refractivity contribution in [3.8, 4) is 5.75 Å². The van der Waals surface area contributed by atoms with Gasteiger partial charge in [0.2, 0.25) is 5.91 Å². The fourth-order valence-electron chi connectivity index (χ4n) is 2.90. The largest absolute Gasteiger partial charge is 0.492 e. The molecule has 0 saturated heterocycles. The Bertz CT molecular complexity index is 688. The molecule has 1 aliphatic rings. The van der Waals surface area contributed by atoms with Crippen LogP contribution in [0.1, 0.15) is 11.1 Å². The molecule has 2 aromatic carbocycles. The van der Waals surface area contributed by atoms with Crippen molar-refractivity contribution < 1.29 is 9.53 Å². The van der Waals surface area contributed by atoms with Crippen LogP contribution in [-0.2, 0) is 17.8 Å². The predicted molar refractivity (Wildman–Crippen MR) is 90.5 cm³/mol. The minimum atomic E-state index is -0.286.